The molecule has 2 heterocycles. The number of hydrogen-bond acceptors (Lipinski definition) is 17. The van der Waals surface area contributed by atoms with Gasteiger partial charge in [0.05, 0.1) is 33.4 Å². The summed E-state index contributed by atoms with van der Waals surface area (Å²) in [7, 11) is -2.75. The zero-order chi connectivity index (χ0) is 52.9. The highest BCUT2D eigenvalue weighted by Gasteiger charge is 2.58. The van der Waals surface area contributed by atoms with Crippen LogP contribution in [0.15, 0.2) is 182 Å². The van der Waals surface area contributed by atoms with Gasteiger partial charge in [-0.3, -0.25) is 0 Å². The highest BCUT2D eigenvalue weighted by molar-refractivity contribution is 6.69. The summed E-state index contributed by atoms with van der Waals surface area (Å²) in [6, 6.07) is 47.6. The molecule has 2 fully saturated rings. The minimum atomic E-state index is -2.75. The van der Waals surface area contributed by atoms with E-state index in [1.807, 2.05) is 19.6 Å². The number of rotatable bonds is 18. The van der Waals surface area contributed by atoms with Crippen molar-refractivity contribution in [2.45, 2.75) is 81.1 Å². The molecule has 0 radical (unpaired) electrons. The maximum Gasteiger partial charge on any atom is 0.338 e. The van der Waals surface area contributed by atoms with E-state index < -0.39 is 119 Å². The van der Waals surface area contributed by atoms with Crippen LogP contribution in [0.2, 0.25) is 19.6 Å². The maximum atomic E-state index is 14.4. The van der Waals surface area contributed by atoms with E-state index in [9.17, 15) is 33.9 Å². The number of esters is 6. The lowest BCUT2D eigenvalue weighted by Crippen LogP contribution is -2.67. The van der Waals surface area contributed by atoms with Crippen LogP contribution in [-0.4, -0.2) is 124 Å². The monoisotopic (exact) mass is 1040 g/mol. The van der Waals surface area contributed by atoms with E-state index in [-0.39, 0.29) is 33.4 Å². The molecule has 2 saturated heterocycles. The van der Waals surface area contributed by atoms with Crippen molar-refractivity contribution in [1.29, 1.82) is 0 Å². The van der Waals surface area contributed by atoms with Crippen molar-refractivity contribution in [3.63, 3.8) is 0 Å². The second-order valence-corrected chi connectivity index (χ2v) is 22.7. The molecule has 0 unspecified atom stereocenters. The van der Waals surface area contributed by atoms with Gasteiger partial charge < -0.3 is 52.2 Å². The molecule has 0 aliphatic carbocycles. The Morgan fingerprint density at radius 1 is 0.387 bits per heavy atom. The van der Waals surface area contributed by atoms with Crippen molar-refractivity contribution in [3.8, 4) is 0 Å². The molecule has 0 bridgehead atoms. The molecule has 2 aliphatic heterocycles. The normalized spacial score (nSPS) is 23.4. The largest absolute Gasteiger partial charge is 0.459 e. The van der Waals surface area contributed by atoms with Crippen molar-refractivity contribution in [1.82, 2.24) is 0 Å². The number of aliphatic hydroxyl groups excluding tert-OH is 1. The Labute approximate surface area is 433 Å². The number of ether oxygens (including phenoxy) is 9. The fourth-order valence-corrected chi connectivity index (χ4v) is 9.34. The lowest BCUT2D eigenvalue weighted by atomic mass is 9.96. The second kappa shape index (κ2) is 24.9. The summed E-state index contributed by atoms with van der Waals surface area (Å²) in [4.78, 5) is 84.0. The first-order chi connectivity index (χ1) is 36.2. The minimum Gasteiger partial charge on any atom is -0.459 e. The van der Waals surface area contributed by atoms with Gasteiger partial charge in [0.2, 0.25) is 0 Å². The Hall–Kier alpha value is -7.84. The Kier molecular flexibility index (Phi) is 17.8. The quantitative estimate of drug-likeness (QED) is 0.0497. The van der Waals surface area contributed by atoms with Gasteiger partial charge in [0.15, 0.2) is 45.3 Å². The minimum absolute atomic E-state index is 0.0422. The summed E-state index contributed by atoms with van der Waals surface area (Å²) < 4.78 is 62.9. The van der Waals surface area contributed by atoms with Crippen molar-refractivity contribution >= 4 is 44.1 Å². The van der Waals surface area contributed by atoms with Gasteiger partial charge in [0.1, 0.15) is 37.6 Å². The highest BCUT2D eigenvalue weighted by atomic mass is 28.4. The summed E-state index contributed by atoms with van der Waals surface area (Å²) in [5.74, 6) is -5.28. The summed E-state index contributed by atoms with van der Waals surface area (Å²) in [5, 5.41) is 11.8. The molecular weight excluding hydrogens is 985 g/mol. The number of aliphatic hydroxyl groups is 1. The number of hydrogen-bond donors (Lipinski definition) is 1. The van der Waals surface area contributed by atoms with Crippen LogP contribution < -0.4 is 0 Å². The average molecular weight is 1040 g/mol. The van der Waals surface area contributed by atoms with Crippen molar-refractivity contribution in [2.75, 3.05) is 13.2 Å². The molecule has 18 heteroatoms. The van der Waals surface area contributed by atoms with Crippen LogP contribution >= 0.6 is 0 Å². The third-order valence-corrected chi connectivity index (χ3v) is 12.7. The van der Waals surface area contributed by atoms with Crippen LogP contribution in [-0.2, 0) is 47.1 Å². The van der Waals surface area contributed by atoms with Crippen molar-refractivity contribution in [2.24, 2.45) is 0 Å². The third kappa shape index (κ3) is 14.1. The van der Waals surface area contributed by atoms with Crippen LogP contribution in [0.5, 0.6) is 0 Å². The molecule has 75 heavy (non-hydrogen) atoms. The summed E-state index contributed by atoms with van der Waals surface area (Å²) in [6.07, 6.45) is -17.2. The fourth-order valence-electron chi connectivity index (χ4n) is 8.23. The van der Waals surface area contributed by atoms with Gasteiger partial charge in [-0.2, -0.15) is 0 Å². The Bertz CT molecular complexity index is 2850. The zero-order valence-corrected chi connectivity index (χ0v) is 42.0. The molecule has 2 aliphatic rings. The summed E-state index contributed by atoms with van der Waals surface area (Å²) in [5.41, 5.74) is 0.641. The lowest BCUT2D eigenvalue weighted by molar-refractivity contribution is -0.351. The summed E-state index contributed by atoms with van der Waals surface area (Å²) >= 11 is 0. The molecule has 388 valence electrons. The summed E-state index contributed by atoms with van der Waals surface area (Å²) in [6.45, 7) is 4.33. The van der Waals surface area contributed by atoms with Crippen LogP contribution in [0, 0.1) is 0 Å². The standard InChI is InChI=1S/C57H54O17Si/c1-75(2,3)74-45-43(35-66-51(59)37-24-12-5-13-25-37)68-57(49(72-55(63)41-32-20-9-21-33-41)47(45)70-53(61)39-28-16-7-17-29-39)73-44-42(34-65-50(58)36-22-10-4-11-23-36)67-56(64)48(71-54(62)40-30-18-8-19-31-40)46(44)69-52(60)38-26-14-6-15-27-38/h4-33,42-49,56-57,64H,34-35H2,1-3H3/t42-,43-,44-,45-,46+,47+,48+,49+,56-,57+/m1/s1. The van der Waals surface area contributed by atoms with Gasteiger partial charge in [-0.1, -0.05) is 109 Å². The van der Waals surface area contributed by atoms with Crippen LogP contribution in [0.3, 0.4) is 0 Å². The molecule has 1 N–H and O–H groups in total. The zero-order valence-electron chi connectivity index (χ0n) is 41.0. The lowest BCUT2D eigenvalue weighted by Gasteiger charge is -2.49. The van der Waals surface area contributed by atoms with Gasteiger partial charge in [0.25, 0.3) is 0 Å². The molecule has 17 nitrogen and oxygen atoms in total. The topological polar surface area (TPSA) is 215 Å². The van der Waals surface area contributed by atoms with E-state index in [0.717, 1.165) is 0 Å². The first-order valence-corrected chi connectivity index (χ1v) is 27.4. The van der Waals surface area contributed by atoms with Gasteiger partial charge in [-0.15, -0.1) is 0 Å². The van der Waals surface area contributed by atoms with Crippen LogP contribution in [0.25, 0.3) is 0 Å². The van der Waals surface area contributed by atoms with E-state index in [0.29, 0.717) is 0 Å². The van der Waals surface area contributed by atoms with Crippen LogP contribution in [0.4, 0.5) is 0 Å². The van der Waals surface area contributed by atoms with Gasteiger partial charge >= 0.3 is 35.8 Å². The fraction of sp³-hybridized carbons (Fsp3) is 0.263. The van der Waals surface area contributed by atoms with E-state index in [1.165, 1.54) is 60.7 Å². The third-order valence-electron chi connectivity index (χ3n) is 11.8. The molecule has 0 amide bonds. The van der Waals surface area contributed by atoms with Gasteiger partial charge in [-0.05, 0) is 92.4 Å². The van der Waals surface area contributed by atoms with E-state index >= 15 is 0 Å². The number of carbonyl (C=O) groups excluding carboxylic acids is 6. The number of benzene rings is 6. The SMILES string of the molecule is C[Si](C)(C)O[C@H]1[C@H](OC(=O)c2ccccc2)[C@H](OC(=O)c2ccccc2)[C@H](O[C@H]2[C@H](OC(=O)c3ccccc3)[C@H](OC(=O)c3ccccc3)[C@H](O)O[C@@H]2COC(=O)c2ccccc2)O[C@@H]1COC(=O)c1ccccc1. The Balaban J connectivity index is 1.26. The predicted octanol–water partition coefficient (Wildman–Crippen LogP) is 7.65. The maximum absolute atomic E-state index is 14.4. The first-order valence-electron chi connectivity index (χ1n) is 24.0. The number of carbonyl (C=O) groups is 6. The van der Waals surface area contributed by atoms with Crippen molar-refractivity contribution < 1.29 is 80.9 Å². The Morgan fingerprint density at radius 2 is 0.680 bits per heavy atom. The van der Waals surface area contributed by atoms with Crippen LogP contribution in [0.1, 0.15) is 62.1 Å². The highest BCUT2D eigenvalue weighted by Crippen LogP contribution is 2.37. The predicted molar refractivity (Wildman–Crippen MR) is 269 cm³/mol. The van der Waals surface area contributed by atoms with E-state index in [2.05, 4.69) is 0 Å². The second-order valence-electron chi connectivity index (χ2n) is 18.3. The van der Waals surface area contributed by atoms with E-state index in [1.54, 1.807) is 121 Å². The van der Waals surface area contributed by atoms with E-state index in [4.69, 9.17) is 47.1 Å². The smallest absolute Gasteiger partial charge is 0.338 e. The molecule has 10 atom stereocenters. The molecular formula is C57H54O17Si. The molecule has 6 aromatic rings. The Morgan fingerprint density at radius 3 is 1.03 bits per heavy atom. The molecule has 0 spiro atoms. The average Bonchev–Trinajstić information content (AvgIpc) is 3.43. The molecule has 8 rings (SSSR count). The van der Waals surface area contributed by atoms with Gasteiger partial charge in [-0.25, -0.2) is 28.8 Å². The van der Waals surface area contributed by atoms with Gasteiger partial charge in [0, 0.05) is 0 Å². The van der Waals surface area contributed by atoms with Crippen molar-refractivity contribution in [3.05, 3.63) is 215 Å². The molecule has 6 aromatic carbocycles. The first kappa shape index (κ1) is 53.4. The molecule has 0 saturated carbocycles. The molecule has 0 aromatic heterocycles.